The Balaban J connectivity index is 1.35. The highest BCUT2D eigenvalue weighted by molar-refractivity contribution is 5.97. The van der Waals surface area contributed by atoms with Gasteiger partial charge in [0.2, 0.25) is 5.91 Å². The number of hydrogen-bond donors (Lipinski definition) is 0. The van der Waals surface area contributed by atoms with Gasteiger partial charge in [0.25, 0.3) is 5.91 Å². The van der Waals surface area contributed by atoms with Gasteiger partial charge in [-0.1, -0.05) is 29.8 Å². The van der Waals surface area contributed by atoms with Crippen LogP contribution in [-0.4, -0.2) is 52.8 Å². The molecular weight excluding hydrogens is 342 g/mol. The third-order valence-electron chi connectivity index (χ3n) is 4.97. The lowest BCUT2D eigenvalue weighted by molar-refractivity contribution is -0.131. The lowest BCUT2D eigenvalue weighted by atomic mass is 10.1. The summed E-state index contributed by atoms with van der Waals surface area (Å²) in [4.78, 5) is 32.9. The highest BCUT2D eigenvalue weighted by atomic mass is 16.3. The molecule has 1 aromatic heterocycles. The average molecular weight is 363 g/mol. The number of hydrogen-bond acceptors (Lipinski definition) is 4. The second-order valence-electron chi connectivity index (χ2n) is 6.87. The summed E-state index contributed by atoms with van der Waals surface area (Å²) in [5.41, 5.74) is 4.12. The second kappa shape index (κ2) is 7.23. The van der Waals surface area contributed by atoms with Crippen LogP contribution in [0, 0.1) is 6.92 Å². The van der Waals surface area contributed by atoms with Gasteiger partial charge in [0.05, 0.1) is 6.42 Å². The van der Waals surface area contributed by atoms with Crippen LogP contribution in [0.15, 0.2) is 53.3 Å². The number of carbonyl (C=O) groups excluding carboxylic acids is 2. The molecule has 0 aliphatic carbocycles. The Kier molecular flexibility index (Phi) is 4.62. The summed E-state index contributed by atoms with van der Waals surface area (Å²) in [5.74, 6) is 0.0629. The van der Waals surface area contributed by atoms with Gasteiger partial charge >= 0.3 is 0 Å². The predicted octanol–water partition coefficient (Wildman–Crippen LogP) is 2.66. The Bertz CT molecular complexity index is 970. The van der Waals surface area contributed by atoms with Crippen LogP contribution in [0.3, 0.4) is 0 Å². The number of nitrogens with zero attached hydrogens (tertiary/aromatic N) is 3. The van der Waals surface area contributed by atoms with E-state index < -0.39 is 0 Å². The van der Waals surface area contributed by atoms with Crippen LogP contribution in [0.5, 0.6) is 0 Å². The molecule has 1 aliphatic heterocycles. The number of fused-ring (bicyclic) bond motifs is 1. The summed E-state index contributed by atoms with van der Waals surface area (Å²) in [6.45, 7) is 4.21. The molecule has 6 heteroatoms. The fourth-order valence-corrected chi connectivity index (χ4v) is 3.32. The van der Waals surface area contributed by atoms with Gasteiger partial charge in [-0.3, -0.25) is 9.59 Å². The number of rotatable bonds is 3. The van der Waals surface area contributed by atoms with Crippen LogP contribution < -0.4 is 0 Å². The van der Waals surface area contributed by atoms with Gasteiger partial charge in [0.15, 0.2) is 12.0 Å². The van der Waals surface area contributed by atoms with Crippen LogP contribution in [-0.2, 0) is 11.2 Å². The van der Waals surface area contributed by atoms with Crippen molar-refractivity contribution in [3.63, 3.8) is 0 Å². The first-order chi connectivity index (χ1) is 13.1. The van der Waals surface area contributed by atoms with Crippen molar-refractivity contribution in [1.29, 1.82) is 0 Å². The molecule has 0 spiro atoms. The predicted molar refractivity (Wildman–Crippen MR) is 101 cm³/mol. The molecule has 0 N–H and O–H groups in total. The standard InChI is InChI=1S/C21H21N3O3/c1-15-2-4-16(5-3-15)12-20(25)23-8-10-24(11-9-23)21(26)17-6-7-18-19(13-17)27-14-22-18/h2-7,13-14H,8-12H2,1H3. The van der Waals surface area contributed by atoms with Gasteiger partial charge in [0, 0.05) is 31.7 Å². The summed E-state index contributed by atoms with van der Waals surface area (Å²) < 4.78 is 5.27. The summed E-state index contributed by atoms with van der Waals surface area (Å²) in [6.07, 6.45) is 1.77. The molecule has 2 heterocycles. The zero-order valence-electron chi connectivity index (χ0n) is 15.2. The van der Waals surface area contributed by atoms with E-state index in [0.29, 0.717) is 43.7 Å². The smallest absolute Gasteiger partial charge is 0.254 e. The van der Waals surface area contributed by atoms with E-state index in [1.165, 1.54) is 12.0 Å². The molecule has 0 unspecified atom stereocenters. The first kappa shape index (κ1) is 17.3. The Morgan fingerprint density at radius 2 is 1.70 bits per heavy atom. The topological polar surface area (TPSA) is 66.7 Å². The van der Waals surface area contributed by atoms with Crippen molar-refractivity contribution in [2.75, 3.05) is 26.2 Å². The zero-order valence-corrected chi connectivity index (χ0v) is 15.2. The molecule has 1 aliphatic rings. The zero-order chi connectivity index (χ0) is 18.8. The fourth-order valence-electron chi connectivity index (χ4n) is 3.32. The van der Waals surface area contributed by atoms with E-state index >= 15 is 0 Å². The fraction of sp³-hybridized carbons (Fsp3) is 0.286. The van der Waals surface area contributed by atoms with Gasteiger partial charge in [-0.15, -0.1) is 0 Å². The molecule has 6 nitrogen and oxygen atoms in total. The molecular formula is C21H21N3O3. The van der Waals surface area contributed by atoms with Crippen LogP contribution in [0.2, 0.25) is 0 Å². The molecule has 1 saturated heterocycles. The molecule has 2 amide bonds. The van der Waals surface area contributed by atoms with E-state index in [2.05, 4.69) is 4.98 Å². The SMILES string of the molecule is Cc1ccc(CC(=O)N2CCN(C(=O)c3ccc4ncoc4c3)CC2)cc1. The molecule has 2 aromatic carbocycles. The van der Waals surface area contributed by atoms with E-state index in [9.17, 15) is 9.59 Å². The van der Waals surface area contributed by atoms with Crippen LogP contribution in [0.25, 0.3) is 11.1 Å². The largest absolute Gasteiger partial charge is 0.443 e. The maximum Gasteiger partial charge on any atom is 0.254 e. The van der Waals surface area contributed by atoms with Crippen LogP contribution in [0.1, 0.15) is 21.5 Å². The molecule has 138 valence electrons. The molecule has 0 radical (unpaired) electrons. The highest BCUT2D eigenvalue weighted by Crippen LogP contribution is 2.17. The second-order valence-corrected chi connectivity index (χ2v) is 6.87. The summed E-state index contributed by atoms with van der Waals surface area (Å²) in [5, 5.41) is 0. The third-order valence-corrected chi connectivity index (χ3v) is 4.97. The number of benzene rings is 2. The maximum atomic E-state index is 12.7. The number of carbonyl (C=O) groups is 2. The summed E-state index contributed by atoms with van der Waals surface area (Å²) >= 11 is 0. The first-order valence-corrected chi connectivity index (χ1v) is 9.06. The maximum absolute atomic E-state index is 12.7. The average Bonchev–Trinajstić information content (AvgIpc) is 3.17. The Hall–Kier alpha value is -3.15. The molecule has 1 fully saturated rings. The monoisotopic (exact) mass is 363 g/mol. The van der Waals surface area contributed by atoms with E-state index in [-0.39, 0.29) is 11.8 Å². The highest BCUT2D eigenvalue weighted by Gasteiger charge is 2.25. The number of piperazine rings is 1. The number of amides is 2. The summed E-state index contributed by atoms with van der Waals surface area (Å²) in [6, 6.07) is 13.3. The van der Waals surface area contributed by atoms with Crippen molar-refractivity contribution in [1.82, 2.24) is 14.8 Å². The molecule has 0 atom stereocenters. The molecule has 4 rings (SSSR count). The van der Waals surface area contributed by atoms with Crippen LogP contribution in [0.4, 0.5) is 0 Å². The van der Waals surface area contributed by atoms with Crippen LogP contribution >= 0.6 is 0 Å². The lowest BCUT2D eigenvalue weighted by Gasteiger charge is -2.35. The minimum absolute atomic E-state index is 0.0427. The van der Waals surface area contributed by atoms with Gasteiger partial charge in [-0.25, -0.2) is 4.98 Å². The van der Waals surface area contributed by atoms with Crippen molar-refractivity contribution in [2.24, 2.45) is 0 Å². The molecule has 27 heavy (non-hydrogen) atoms. The van der Waals surface area contributed by atoms with Crippen molar-refractivity contribution >= 4 is 22.9 Å². The van der Waals surface area contributed by atoms with Crippen molar-refractivity contribution in [3.05, 3.63) is 65.5 Å². The minimum atomic E-state index is -0.0427. The normalized spacial score (nSPS) is 14.6. The Labute approximate surface area is 157 Å². The Morgan fingerprint density at radius 3 is 2.44 bits per heavy atom. The Morgan fingerprint density at radius 1 is 1.00 bits per heavy atom. The van der Waals surface area contributed by atoms with E-state index in [4.69, 9.17) is 4.42 Å². The minimum Gasteiger partial charge on any atom is -0.443 e. The number of aromatic nitrogens is 1. The van der Waals surface area contributed by atoms with E-state index in [1.807, 2.05) is 36.1 Å². The van der Waals surface area contributed by atoms with Crippen molar-refractivity contribution in [2.45, 2.75) is 13.3 Å². The summed E-state index contributed by atoms with van der Waals surface area (Å²) in [7, 11) is 0. The molecule has 0 saturated carbocycles. The molecule has 0 bridgehead atoms. The van der Waals surface area contributed by atoms with Gasteiger partial charge in [-0.05, 0) is 30.7 Å². The third kappa shape index (κ3) is 3.69. The quantitative estimate of drug-likeness (QED) is 0.718. The van der Waals surface area contributed by atoms with Gasteiger partial charge in [0.1, 0.15) is 5.52 Å². The lowest BCUT2D eigenvalue weighted by Crippen LogP contribution is -2.51. The van der Waals surface area contributed by atoms with E-state index in [0.717, 1.165) is 11.1 Å². The van der Waals surface area contributed by atoms with E-state index in [1.54, 1.807) is 23.1 Å². The van der Waals surface area contributed by atoms with Crippen molar-refractivity contribution < 1.29 is 14.0 Å². The number of aryl methyl sites for hydroxylation is 1. The molecule has 3 aromatic rings. The first-order valence-electron chi connectivity index (χ1n) is 9.06. The van der Waals surface area contributed by atoms with Gasteiger partial charge in [-0.2, -0.15) is 0 Å². The van der Waals surface area contributed by atoms with Crippen molar-refractivity contribution in [3.8, 4) is 0 Å². The van der Waals surface area contributed by atoms with Gasteiger partial charge < -0.3 is 14.2 Å². The number of oxazole rings is 1.